The van der Waals surface area contributed by atoms with Gasteiger partial charge in [-0.2, -0.15) is 0 Å². The summed E-state index contributed by atoms with van der Waals surface area (Å²) in [6, 6.07) is 6.94. The topological polar surface area (TPSA) is 81.4 Å². The fourth-order valence-corrected chi connectivity index (χ4v) is 2.59. The zero-order valence-electron chi connectivity index (χ0n) is 10.5. The molecular weight excluding hydrogens is 252 g/mol. The van der Waals surface area contributed by atoms with Crippen LogP contribution < -0.4 is 15.8 Å². The van der Waals surface area contributed by atoms with Crippen LogP contribution in [0.1, 0.15) is 11.6 Å². The van der Waals surface area contributed by atoms with E-state index >= 15 is 0 Å². The van der Waals surface area contributed by atoms with Gasteiger partial charge in [0.25, 0.3) is 0 Å². The molecule has 0 heterocycles. The van der Waals surface area contributed by atoms with Gasteiger partial charge in [-0.15, -0.1) is 0 Å². The molecule has 0 aromatic heterocycles. The van der Waals surface area contributed by atoms with E-state index in [2.05, 4.69) is 5.32 Å². The maximum absolute atomic E-state index is 11.7. The number of nitrogens with two attached hydrogens (primary N) is 1. The Bertz CT molecular complexity index is 437. The van der Waals surface area contributed by atoms with E-state index in [0.29, 0.717) is 5.75 Å². The molecule has 0 saturated carbocycles. The molecule has 0 fully saturated rings. The number of amides is 1. The van der Waals surface area contributed by atoms with Crippen LogP contribution in [0.5, 0.6) is 5.75 Å². The standard InChI is InChI=1S/C12H18N2O3S/c1-14-12(15)8-18(16)7-11(13)9-4-3-5-10(6-9)17-2/h3-6,11H,7-8,13H2,1-2H3,(H,14,15). The molecule has 6 heteroatoms. The fourth-order valence-electron chi connectivity index (χ4n) is 1.45. The van der Waals surface area contributed by atoms with Gasteiger partial charge >= 0.3 is 0 Å². The molecule has 5 nitrogen and oxygen atoms in total. The third-order valence-electron chi connectivity index (χ3n) is 2.46. The third-order valence-corrected chi connectivity index (χ3v) is 3.77. The molecule has 1 rings (SSSR count). The van der Waals surface area contributed by atoms with Gasteiger partial charge in [0.15, 0.2) is 0 Å². The van der Waals surface area contributed by atoms with Gasteiger partial charge in [0.2, 0.25) is 5.91 Å². The first-order valence-electron chi connectivity index (χ1n) is 5.52. The Balaban J connectivity index is 2.61. The lowest BCUT2D eigenvalue weighted by Crippen LogP contribution is -2.28. The van der Waals surface area contributed by atoms with Gasteiger partial charge in [-0.05, 0) is 17.7 Å². The lowest BCUT2D eigenvalue weighted by atomic mass is 10.1. The molecule has 1 aromatic rings. The van der Waals surface area contributed by atoms with Crippen LogP contribution in [-0.4, -0.2) is 35.8 Å². The number of carbonyl (C=O) groups excluding carboxylic acids is 1. The molecule has 2 unspecified atom stereocenters. The van der Waals surface area contributed by atoms with E-state index in [1.807, 2.05) is 24.3 Å². The lowest BCUT2D eigenvalue weighted by molar-refractivity contribution is -0.118. The molecule has 100 valence electrons. The Morgan fingerprint density at radius 2 is 2.28 bits per heavy atom. The molecule has 1 amide bonds. The van der Waals surface area contributed by atoms with E-state index in [9.17, 15) is 9.00 Å². The van der Waals surface area contributed by atoms with Crippen LogP contribution in [0, 0.1) is 0 Å². The van der Waals surface area contributed by atoms with Gasteiger partial charge in [0, 0.05) is 29.6 Å². The Morgan fingerprint density at radius 3 is 2.89 bits per heavy atom. The number of carbonyl (C=O) groups is 1. The van der Waals surface area contributed by atoms with Gasteiger partial charge in [-0.3, -0.25) is 9.00 Å². The summed E-state index contributed by atoms with van der Waals surface area (Å²) in [5, 5.41) is 2.43. The zero-order valence-corrected chi connectivity index (χ0v) is 11.3. The summed E-state index contributed by atoms with van der Waals surface area (Å²) in [6.07, 6.45) is 0. The van der Waals surface area contributed by atoms with Gasteiger partial charge in [-0.1, -0.05) is 12.1 Å². The van der Waals surface area contributed by atoms with Crippen LogP contribution in [0.25, 0.3) is 0 Å². The van der Waals surface area contributed by atoms with E-state index in [-0.39, 0.29) is 23.5 Å². The number of benzene rings is 1. The van der Waals surface area contributed by atoms with Gasteiger partial charge < -0.3 is 15.8 Å². The number of rotatable bonds is 6. The number of hydrogen-bond donors (Lipinski definition) is 2. The normalized spacial score (nSPS) is 13.7. The SMILES string of the molecule is CNC(=O)CS(=O)CC(N)c1cccc(OC)c1. The first kappa shape index (κ1) is 14.7. The van der Waals surface area contributed by atoms with E-state index in [1.165, 1.54) is 7.05 Å². The van der Waals surface area contributed by atoms with Gasteiger partial charge in [-0.25, -0.2) is 0 Å². The summed E-state index contributed by atoms with van der Waals surface area (Å²) in [7, 11) is 1.83. The maximum atomic E-state index is 11.7. The second kappa shape index (κ2) is 7.13. The Labute approximate surface area is 109 Å². The number of hydrogen-bond acceptors (Lipinski definition) is 4. The van der Waals surface area contributed by atoms with E-state index in [4.69, 9.17) is 10.5 Å². The second-order valence-corrected chi connectivity index (χ2v) is 5.31. The number of methoxy groups -OCH3 is 1. The highest BCUT2D eigenvalue weighted by Gasteiger charge is 2.13. The highest BCUT2D eigenvalue weighted by Crippen LogP contribution is 2.18. The van der Waals surface area contributed by atoms with Crippen LogP contribution in [0.15, 0.2) is 24.3 Å². The summed E-state index contributed by atoms with van der Waals surface area (Å²) >= 11 is 0. The first-order chi connectivity index (χ1) is 8.56. The molecule has 0 aliphatic rings. The van der Waals surface area contributed by atoms with Crippen molar-refractivity contribution in [1.82, 2.24) is 5.32 Å². The molecule has 3 N–H and O–H groups in total. The van der Waals surface area contributed by atoms with Crippen molar-refractivity contribution in [2.75, 3.05) is 25.7 Å². The minimum atomic E-state index is -1.27. The Morgan fingerprint density at radius 1 is 1.56 bits per heavy atom. The van der Waals surface area contributed by atoms with E-state index in [0.717, 1.165) is 5.56 Å². The molecule has 2 atom stereocenters. The average Bonchev–Trinajstić information content (AvgIpc) is 2.38. The predicted molar refractivity (Wildman–Crippen MR) is 71.9 cm³/mol. The quantitative estimate of drug-likeness (QED) is 0.773. The summed E-state index contributed by atoms with van der Waals surface area (Å²) in [4.78, 5) is 11.1. The largest absolute Gasteiger partial charge is 0.497 e. The summed E-state index contributed by atoms with van der Waals surface area (Å²) in [5.74, 6) is 0.695. The molecule has 0 bridgehead atoms. The second-order valence-electron chi connectivity index (χ2n) is 3.81. The van der Waals surface area contributed by atoms with Crippen molar-refractivity contribution < 1.29 is 13.7 Å². The molecule has 0 saturated heterocycles. The molecular formula is C12H18N2O3S. The first-order valence-corrected chi connectivity index (χ1v) is 7.00. The van der Waals surface area contributed by atoms with Crippen LogP contribution in [0.4, 0.5) is 0 Å². The predicted octanol–water partition coefficient (Wildman–Crippen LogP) is 0.190. The monoisotopic (exact) mass is 270 g/mol. The molecule has 18 heavy (non-hydrogen) atoms. The molecule has 1 aromatic carbocycles. The highest BCUT2D eigenvalue weighted by molar-refractivity contribution is 7.85. The van der Waals surface area contributed by atoms with Crippen LogP contribution >= 0.6 is 0 Å². The van der Waals surface area contributed by atoms with Crippen molar-refractivity contribution in [2.24, 2.45) is 5.73 Å². The zero-order chi connectivity index (χ0) is 13.5. The van der Waals surface area contributed by atoms with E-state index in [1.54, 1.807) is 7.11 Å². The maximum Gasteiger partial charge on any atom is 0.232 e. The van der Waals surface area contributed by atoms with Gasteiger partial charge in [0.05, 0.1) is 7.11 Å². The lowest BCUT2D eigenvalue weighted by Gasteiger charge is -2.12. The van der Waals surface area contributed by atoms with E-state index < -0.39 is 10.8 Å². The summed E-state index contributed by atoms with van der Waals surface area (Å²) in [6.45, 7) is 0. The number of nitrogens with one attached hydrogen (secondary N) is 1. The van der Waals surface area contributed by atoms with Crippen molar-refractivity contribution in [3.05, 3.63) is 29.8 Å². The minimum Gasteiger partial charge on any atom is -0.497 e. The highest BCUT2D eigenvalue weighted by atomic mass is 32.2. The van der Waals surface area contributed by atoms with Crippen molar-refractivity contribution in [1.29, 1.82) is 0 Å². The molecule has 0 spiro atoms. The molecule has 0 aliphatic heterocycles. The van der Waals surface area contributed by atoms with Crippen LogP contribution in [0.2, 0.25) is 0 Å². The smallest absolute Gasteiger partial charge is 0.232 e. The fraction of sp³-hybridized carbons (Fsp3) is 0.417. The number of ether oxygens (including phenoxy) is 1. The average molecular weight is 270 g/mol. The van der Waals surface area contributed by atoms with Crippen molar-refractivity contribution in [3.8, 4) is 5.75 Å². The van der Waals surface area contributed by atoms with Gasteiger partial charge in [0.1, 0.15) is 11.5 Å². The molecule has 0 radical (unpaired) electrons. The van der Waals surface area contributed by atoms with Crippen LogP contribution in [-0.2, 0) is 15.6 Å². The van der Waals surface area contributed by atoms with Crippen molar-refractivity contribution >= 4 is 16.7 Å². The summed E-state index contributed by atoms with van der Waals surface area (Å²) < 4.78 is 16.8. The third kappa shape index (κ3) is 4.46. The Kier molecular flexibility index (Phi) is 5.80. The molecule has 0 aliphatic carbocycles. The minimum absolute atomic E-state index is 0.0197. The van der Waals surface area contributed by atoms with Crippen LogP contribution in [0.3, 0.4) is 0 Å². The summed E-state index contributed by atoms with van der Waals surface area (Å²) in [5.41, 5.74) is 6.80. The van der Waals surface area contributed by atoms with Crippen molar-refractivity contribution in [3.63, 3.8) is 0 Å². The Hall–Kier alpha value is -1.40. The van der Waals surface area contributed by atoms with Crippen molar-refractivity contribution in [2.45, 2.75) is 6.04 Å².